The Kier molecular flexibility index (Phi) is 31.0. The fraction of sp³-hybridized carbons (Fsp3) is 0.853. The second-order valence-corrected chi connectivity index (χ2v) is 10.9. The van der Waals surface area contributed by atoms with Crippen molar-refractivity contribution in [2.24, 2.45) is 0 Å². The molecule has 0 fully saturated rings. The van der Waals surface area contributed by atoms with Crippen LogP contribution in [0.15, 0.2) is 24.5 Å². The van der Waals surface area contributed by atoms with Gasteiger partial charge in [0.15, 0.2) is 0 Å². The number of ether oxygens (including phenoxy) is 1. The van der Waals surface area contributed by atoms with Gasteiger partial charge in [-0.15, -0.1) is 0 Å². The lowest BCUT2D eigenvalue weighted by molar-refractivity contribution is -0.138. The van der Waals surface area contributed by atoms with E-state index in [9.17, 15) is 4.79 Å². The molecule has 0 saturated heterocycles. The van der Waals surface area contributed by atoms with E-state index in [0.29, 0.717) is 6.42 Å². The van der Waals surface area contributed by atoms with E-state index in [1.54, 1.807) is 6.26 Å². The predicted octanol–water partition coefficient (Wildman–Crippen LogP) is 12.2. The molecule has 0 aromatic rings. The van der Waals surface area contributed by atoms with E-state index in [1.807, 2.05) is 6.08 Å². The summed E-state index contributed by atoms with van der Waals surface area (Å²) in [6.07, 6.45) is 43.2. The molecule has 0 rings (SSSR count). The molecule has 36 heavy (non-hydrogen) atoms. The van der Waals surface area contributed by atoms with Crippen LogP contribution in [0.5, 0.6) is 0 Å². The van der Waals surface area contributed by atoms with Crippen LogP contribution in [0.3, 0.4) is 0 Å². The molecule has 0 N–H and O–H groups in total. The molecule has 0 unspecified atom stereocenters. The lowest BCUT2D eigenvalue weighted by atomic mass is 10.0. The highest BCUT2D eigenvalue weighted by Crippen LogP contribution is 2.14. The summed E-state index contributed by atoms with van der Waals surface area (Å²) in [7, 11) is 0. The Morgan fingerprint density at radius 2 is 0.778 bits per heavy atom. The molecular weight excluding hydrogens is 440 g/mol. The molecule has 0 aliphatic rings. The van der Waals surface area contributed by atoms with Gasteiger partial charge in [0.1, 0.15) is 0 Å². The van der Waals surface area contributed by atoms with Gasteiger partial charge in [-0.3, -0.25) is 4.79 Å². The average Bonchev–Trinajstić information content (AvgIpc) is 2.88. The van der Waals surface area contributed by atoms with Crippen LogP contribution in [-0.4, -0.2) is 5.97 Å². The van der Waals surface area contributed by atoms with Gasteiger partial charge < -0.3 is 4.74 Å². The summed E-state index contributed by atoms with van der Waals surface area (Å²) in [6, 6.07) is 0. The lowest BCUT2D eigenvalue weighted by Gasteiger charge is -2.03. The monoisotopic (exact) mass is 504 g/mol. The van der Waals surface area contributed by atoms with Crippen molar-refractivity contribution in [3.05, 3.63) is 24.5 Å². The first-order valence-electron chi connectivity index (χ1n) is 16.3. The van der Waals surface area contributed by atoms with Gasteiger partial charge >= 0.3 is 5.97 Å². The van der Waals surface area contributed by atoms with E-state index < -0.39 is 0 Å². The molecule has 2 heteroatoms. The highest BCUT2D eigenvalue weighted by Gasteiger charge is 2.00. The molecule has 0 aliphatic heterocycles. The average molecular weight is 505 g/mol. The van der Waals surface area contributed by atoms with Gasteiger partial charge in [-0.1, -0.05) is 148 Å². The van der Waals surface area contributed by atoms with E-state index >= 15 is 0 Å². The Balaban J connectivity index is 3.24. The number of esters is 1. The SMILES string of the molecule is CCCCCCC=CCCCCCC(=O)OC=CCCCCCCCCCCCCCCCCCC. The van der Waals surface area contributed by atoms with E-state index in [-0.39, 0.29) is 5.97 Å². The third kappa shape index (κ3) is 31.0. The minimum atomic E-state index is -0.0790. The van der Waals surface area contributed by atoms with Crippen molar-refractivity contribution >= 4 is 5.97 Å². The van der Waals surface area contributed by atoms with Gasteiger partial charge in [0.05, 0.1) is 6.26 Å². The molecule has 0 spiro atoms. The fourth-order valence-electron chi connectivity index (χ4n) is 4.69. The minimum Gasteiger partial charge on any atom is -0.435 e. The second kappa shape index (κ2) is 32.0. The standard InChI is InChI=1S/C34H64O2/c1-3-5-7-9-11-13-15-16-17-18-19-20-21-23-25-27-29-31-33-36-34(35)32-30-28-26-24-22-14-12-10-8-6-4-2/h14,22,31,33H,3-13,15-21,23-30,32H2,1-2H3. The van der Waals surface area contributed by atoms with Gasteiger partial charge in [-0.2, -0.15) is 0 Å². The normalized spacial score (nSPS) is 11.7. The molecule has 0 aliphatic carbocycles. The summed E-state index contributed by atoms with van der Waals surface area (Å²) in [5, 5.41) is 0. The molecule has 0 aromatic heterocycles. The van der Waals surface area contributed by atoms with Crippen LogP contribution < -0.4 is 0 Å². The van der Waals surface area contributed by atoms with Crippen molar-refractivity contribution in [1.82, 2.24) is 0 Å². The molecule has 212 valence electrons. The maximum Gasteiger partial charge on any atom is 0.310 e. The maximum absolute atomic E-state index is 11.8. The van der Waals surface area contributed by atoms with Crippen LogP contribution in [0.25, 0.3) is 0 Å². The Morgan fingerprint density at radius 1 is 0.444 bits per heavy atom. The number of carbonyl (C=O) groups is 1. The predicted molar refractivity (Wildman–Crippen MR) is 160 cm³/mol. The Morgan fingerprint density at radius 3 is 1.22 bits per heavy atom. The summed E-state index contributed by atoms with van der Waals surface area (Å²) in [5.41, 5.74) is 0. The number of hydrogen-bond donors (Lipinski definition) is 0. The zero-order chi connectivity index (χ0) is 26.2. The Hall–Kier alpha value is -1.05. The Labute approximate surface area is 227 Å². The van der Waals surface area contributed by atoms with E-state index in [0.717, 1.165) is 25.7 Å². The van der Waals surface area contributed by atoms with Gasteiger partial charge in [-0.25, -0.2) is 0 Å². The molecule has 0 amide bonds. The van der Waals surface area contributed by atoms with Crippen molar-refractivity contribution in [1.29, 1.82) is 0 Å². The van der Waals surface area contributed by atoms with Crippen molar-refractivity contribution < 1.29 is 9.53 Å². The zero-order valence-electron chi connectivity index (χ0n) is 24.7. The van der Waals surface area contributed by atoms with Gasteiger partial charge in [0, 0.05) is 6.42 Å². The molecule has 0 saturated carbocycles. The van der Waals surface area contributed by atoms with E-state index in [2.05, 4.69) is 26.0 Å². The van der Waals surface area contributed by atoms with Crippen LogP contribution >= 0.6 is 0 Å². The minimum absolute atomic E-state index is 0.0790. The Bertz CT molecular complexity index is 480. The summed E-state index contributed by atoms with van der Waals surface area (Å²) in [4.78, 5) is 11.8. The number of carbonyl (C=O) groups excluding carboxylic acids is 1. The molecule has 2 nitrogen and oxygen atoms in total. The molecule has 0 bridgehead atoms. The van der Waals surface area contributed by atoms with Gasteiger partial charge in [-0.05, 0) is 51.0 Å². The second-order valence-electron chi connectivity index (χ2n) is 10.9. The maximum atomic E-state index is 11.8. The van der Waals surface area contributed by atoms with Crippen LogP contribution in [0, 0.1) is 0 Å². The molecular formula is C34H64O2. The number of rotatable bonds is 29. The van der Waals surface area contributed by atoms with Crippen LogP contribution in [0.1, 0.15) is 187 Å². The summed E-state index contributed by atoms with van der Waals surface area (Å²) >= 11 is 0. The lowest BCUT2D eigenvalue weighted by Crippen LogP contribution is -1.98. The van der Waals surface area contributed by atoms with Gasteiger partial charge in [0.25, 0.3) is 0 Å². The first-order chi connectivity index (χ1) is 17.8. The van der Waals surface area contributed by atoms with E-state index in [1.165, 1.54) is 141 Å². The first-order valence-corrected chi connectivity index (χ1v) is 16.3. The smallest absolute Gasteiger partial charge is 0.310 e. The third-order valence-electron chi connectivity index (χ3n) is 7.16. The summed E-state index contributed by atoms with van der Waals surface area (Å²) in [5.74, 6) is -0.0790. The number of hydrogen-bond acceptors (Lipinski definition) is 2. The van der Waals surface area contributed by atoms with Crippen LogP contribution in [0.4, 0.5) is 0 Å². The van der Waals surface area contributed by atoms with Crippen molar-refractivity contribution in [2.45, 2.75) is 187 Å². The highest BCUT2D eigenvalue weighted by atomic mass is 16.5. The van der Waals surface area contributed by atoms with Crippen molar-refractivity contribution in [3.8, 4) is 0 Å². The quantitative estimate of drug-likeness (QED) is 0.0438. The van der Waals surface area contributed by atoms with E-state index in [4.69, 9.17) is 4.74 Å². The zero-order valence-corrected chi connectivity index (χ0v) is 24.7. The topological polar surface area (TPSA) is 26.3 Å². The highest BCUT2D eigenvalue weighted by molar-refractivity contribution is 5.69. The van der Waals surface area contributed by atoms with Crippen molar-refractivity contribution in [2.75, 3.05) is 0 Å². The summed E-state index contributed by atoms with van der Waals surface area (Å²) < 4.78 is 5.23. The van der Waals surface area contributed by atoms with Gasteiger partial charge in [0.2, 0.25) is 0 Å². The number of unbranched alkanes of at least 4 members (excludes halogenated alkanes) is 23. The third-order valence-corrected chi connectivity index (χ3v) is 7.16. The fourth-order valence-corrected chi connectivity index (χ4v) is 4.69. The van der Waals surface area contributed by atoms with Crippen LogP contribution in [-0.2, 0) is 9.53 Å². The summed E-state index contributed by atoms with van der Waals surface area (Å²) in [6.45, 7) is 4.54. The number of allylic oxidation sites excluding steroid dienone is 3. The first kappa shape index (κ1) is 35.0. The molecule has 0 radical (unpaired) electrons. The van der Waals surface area contributed by atoms with Crippen molar-refractivity contribution in [3.63, 3.8) is 0 Å². The molecule has 0 heterocycles. The van der Waals surface area contributed by atoms with Crippen LogP contribution in [0.2, 0.25) is 0 Å². The molecule has 0 atom stereocenters. The molecule has 0 aromatic carbocycles. The largest absolute Gasteiger partial charge is 0.435 e.